The van der Waals surface area contributed by atoms with E-state index in [9.17, 15) is 9.59 Å². The highest BCUT2D eigenvalue weighted by Gasteiger charge is 2.36. The van der Waals surface area contributed by atoms with E-state index < -0.39 is 0 Å². The molecular weight excluding hydrogens is 436 g/mol. The summed E-state index contributed by atoms with van der Waals surface area (Å²) >= 11 is 0. The lowest BCUT2D eigenvalue weighted by atomic mass is 10.1. The lowest BCUT2D eigenvalue weighted by molar-refractivity contribution is -0.143. The summed E-state index contributed by atoms with van der Waals surface area (Å²) in [6.45, 7) is 5.39. The summed E-state index contributed by atoms with van der Waals surface area (Å²) in [5.74, 6) is 0.255. The highest BCUT2D eigenvalue weighted by Crippen LogP contribution is 2.32. The number of carbonyl (C=O) groups excluding carboxylic acids is 2. The number of amides is 2. The first-order valence-corrected chi connectivity index (χ1v) is 12.8. The van der Waals surface area contributed by atoms with Gasteiger partial charge in [0.05, 0.1) is 0 Å². The van der Waals surface area contributed by atoms with Crippen LogP contribution >= 0.6 is 0 Å². The number of para-hydroxylation sites is 1. The van der Waals surface area contributed by atoms with Crippen molar-refractivity contribution in [2.75, 3.05) is 32.1 Å². The quantitative estimate of drug-likeness (QED) is 0.433. The average Bonchev–Trinajstić information content (AvgIpc) is 3.64. The predicted octanol–water partition coefficient (Wildman–Crippen LogP) is 4.84. The van der Waals surface area contributed by atoms with Crippen LogP contribution in [0.5, 0.6) is 0 Å². The molecule has 1 aliphatic rings. The Morgan fingerprint density at radius 2 is 1.77 bits per heavy atom. The molecule has 186 valence electrons. The Balaban J connectivity index is 1.52. The number of anilines is 1. The number of benzene rings is 2. The second kappa shape index (κ2) is 11.0. The summed E-state index contributed by atoms with van der Waals surface area (Å²) < 4.78 is 0. The van der Waals surface area contributed by atoms with Gasteiger partial charge < -0.3 is 19.7 Å². The summed E-state index contributed by atoms with van der Waals surface area (Å²) in [4.78, 5) is 35.7. The molecule has 1 aromatic heterocycles. The van der Waals surface area contributed by atoms with E-state index in [0.717, 1.165) is 42.5 Å². The van der Waals surface area contributed by atoms with Crippen molar-refractivity contribution in [3.63, 3.8) is 0 Å². The largest absolute Gasteiger partial charge is 0.378 e. The van der Waals surface area contributed by atoms with Gasteiger partial charge in [0, 0.05) is 61.9 Å². The Kier molecular flexibility index (Phi) is 7.79. The summed E-state index contributed by atoms with van der Waals surface area (Å²) in [5.41, 5.74) is 4.53. The zero-order chi connectivity index (χ0) is 24.9. The molecule has 4 rings (SSSR count). The molecule has 0 saturated heterocycles. The lowest BCUT2D eigenvalue weighted by Crippen LogP contribution is -2.47. The van der Waals surface area contributed by atoms with Crippen molar-refractivity contribution in [2.45, 2.75) is 52.1 Å². The molecule has 2 aromatic carbocycles. The molecule has 1 aliphatic carbocycles. The normalized spacial score (nSPS) is 14.1. The first kappa shape index (κ1) is 24.8. The number of rotatable bonds is 11. The highest BCUT2D eigenvalue weighted by atomic mass is 16.2. The Morgan fingerprint density at radius 1 is 1.06 bits per heavy atom. The fraction of sp³-hybridized carbons (Fsp3) is 0.448. The van der Waals surface area contributed by atoms with Gasteiger partial charge in [0.15, 0.2) is 0 Å². The molecule has 6 nitrogen and oxygen atoms in total. The van der Waals surface area contributed by atoms with Crippen LogP contribution in [0.15, 0.2) is 54.7 Å². The van der Waals surface area contributed by atoms with Crippen molar-refractivity contribution < 1.29 is 9.59 Å². The fourth-order valence-corrected chi connectivity index (χ4v) is 4.49. The van der Waals surface area contributed by atoms with E-state index in [1.165, 1.54) is 10.9 Å². The monoisotopic (exact) mass is 474 g/mol. The van der Waals surface area contributed by atoms with Crippen LogP contribution < -0.4 is 4.90 Å². The van der Waals surface area contributed by atoms with Crippen LogP contribution in [-0.2, 0) is 22.6 Å². The number of fused-ring (bicyclic) bond motifs is 1. The SMILES string of the molecule is CCC(C)N(CC(=O)N(CCc1c[nH]c2ccccc12)Cc1ccc(N(C)C)cc1)C(=O)C1CC1. The Hall–Kier alpha value is -3.28. The number of aromatic nitrogens is 1. The summed E-state index contributed by atoms with van der Waals surface area (Å²) in [6, 6.07) is 16.7. The Morgan fingerprint density at radius 3 is 2.43 bits per heavy atom. The van der Waals surface area contributed by atoms with Crippen molar-refractivity contribution in [3.8, 4) is 0 Å². The maximum absolute atomic E-state index is 13.6. The molecule has 0 aliphatic heterocycles. The standard InChI is InChI=1S/C29H38N4O2/c1-5-21(2)33(29(35)23-12-13-23)20-28(34)32(19-22-10-14-25(15-11-22)31(3)4)17-16-24-18-30-27-9-7-6-8-26(24)27/h6-11,14-15,18,21,23,30H,5,12-13,16-17,19-20H2,1-4H3. The third-order valence-electron chi connectivity index (χ3n) is 7.14. The van der Waals surface area contributed by atoms with Crippen molar-refractivity contribution in [1.82, 2.24) is 14.8 Å². The van der Waals surface area contributed by atoms with Crippen LogP contribution in [0.1, 0.15) is 44.2 Å². The average molecular weight is 475 g/mol. The summed E-state index contributed by atoms with van der Waals surface area (Å²) in [7, 11) is 4.04. The smallest absolute Gasteiger partial charge is 0.242 e. The number of carbonyl (C=O) groups is 2. The van der Waals surface area contributed by atoms with Crippen LogP contribution in [0.25, 0.3) is 10.9 Å². The summed E-state index contributed by atoms with van der Waals surface area (Å²) in [6.07, 6.45) is 5.53. The van der Waals surface area contributed by atoms with Crippen LogP contribution in [0, 0.1) is 5.92 Å². The molecule has 0 spiro atoms. The third-order valence-corrected chi connectivity index (χ3v) is 7.14. The van der Waals surface area contributed by atoms with Gasteiger partial charge in [0.2, 0.25) is 11.8 Å². The second-order valence-corrected chi connectivity index (χ2v) is 9.98. The number of nitrogens with zero attached hydrogens (tertiary/aromatic N) is 3. The number of nitrogens with one attached hydrogen (secondary N) is 1. The minimum atomic E-state index is 0.0100. The van der Waals surface area contributed by atoms with Gasteiger partial charge in [0.25, 0.3) is 0 Å². The number of hydrogen-bond donors (Lipinski definition) is 1. The Labute approximate surface area is 208 Å². The van der Waals surface area contributed by atoms with Gasteiger partial charge in [-0.25, -0.2) is 0 Å². The molecule has 1 heterocycles. The van der Waals surface area contributed by atoms with Gasteiger partial charge in [-0.05, 0) is 61.9 Å². The van der Waals surface area contributed by atoms with E-state index in [2.05, 4.69) is 53.2 Å². The molecule has 2 amide bonds. The van der Waals surface area contributed by atoms with Gasteiger partial charge >= 0.3 is 0 Å². The predicted molar refractivity (Wildman–Crippen MR) is 142 cm³/mol. The maximum Gasteiger partial charge on any atom is 0.242 e. The molecule has 6 heteroatoms. The first-order chi connectivity index (χ1) is 16.9. The fourth-order valence-electron chi connectivity index (χ4n) is 4.49. The minimum Gasteiger partial charge on any atom is -0.378 e. The molecule has 1 atom stereocenters. The summed E-state index contributed by atoms with van der Waals surface area (Å²) in [5, 5.41) is 1.19. The Bertz CT molecular complexity index is 1150. The number of hydrogen-bond acceptors (Lipinski definition) is 3. The van der Waals surface area contributed by atoms with Gasteiger partial charge in [-0.1, -0.05) is 37.3 Å². The van der Waals surface area contributed by atoms with E-state index in [4.69, 9.17) is 0 Å². The first-order valence-electron chi connectivity index (χ1n) is 12.8. The second-order valence-electron chi connectivity index (χ2n) is 9.98. The molecule has 1 unspecified atom stereocenters. The zero-order valence-electron chi connectivity index (χ0n) is 21.5. The minimum absolute atomic E-state index is 0.0100. The van der Waals surface area contributed by atoms with Gasteiger partial charge in [-0.3, -0.25) is 9.59 Å². The number of H-pyrrole nitrogens is 1. The van der Waals surface area contributed by atoms with E-state index >= 15 is 0 Å². The molecule has 0 bridgehead atoms. The molecule has 0 radical (unpaired) electrons. The molecular formula is C29H38N4O2. The van der Waals surface area contributed by atoms with Gasteiger partial charge in [-0.2, -0.15) is 0 Å². The molecule has 3 aromatic rings. The third kappa shape index (κ3) is 6.05. The van der Waals surface area contributed by atoms with E-state index in [0.29, 0.717) is 13.1 Å². The van der Waals surface area contributed by atoms with Crippen molar-refractivity contribution in [2.24, 2.45) is 5.92 Å². The molecule has 1 saturated carbocycles. The number of aromatic amines is 1. The molecule has 1 fully saturated rings. The van der Waals surface area contributed by atoms with Gasteiger partial charge in [-0.15, -0.1) is 0 Å². The van der Waals surface area contributed by atoms with Crippen LogP contribution in [0.3, 0.4) is 0 Å². The van der Waals surface area contributed by atoms with E-state index in [1.54, 1.807) is 0 Å². The van der Waals surface area contributed by atoms with Crippen molar-refractivity contribution in [1.29, 1.82) is 0 Å². The van der Waals surface area contributed by atoms with Crippen molar-refractivity contribution >= 4 is 28.4 Å². The molecule has 1 N–H and O–H groups in total. The zero-order valence-corrected chi connectivity index (χ0v) is 21.5. The van der Waals surface area contributed by atoms with E-state index in [1.807, 2.05) is 49.1 Å². The van der Waals surface area contributed by atoms with Gasteiger partial charge in [0.1, 0.15) is 6.54 Å². The van der Waals surface area contributed by atoms with Crippen LogP contribution in [0.2, 0.25) is 0 Å². The topological polar surface area (TPSA) is 59.7 Å². The van der Waals surface area contributed by atoms with Crippen LogP contribution in [0.4, 0.5) is 5.69 Å². The van der Waals surface area contributed by atoms with Crippen LogP contribution in [-0.4, -0.2) is 59.8 Å². The highest BCUT2D eigenvalue weighted by molar-refractivity contribution is 5.87. The molecule has 35 heavy (non-hydrogen) atoms. The lowest BCUT2D eigenvalue weighted by Gasteiger charge is -2.31. The maximum atomic E-state index is 13.6. The van der Waals surface area contributed by atoms with Crippen molar-refractivity contribution in [3.05, 3.63) is 65.9 Å². The van der Waals surface area contributed by atoms with E-state index in [-0.39, 0.29) is 30.3 Å².